The standard InChI is InChI=1S/C18H27ClN6O3S/c1-4-20-17(22-13-18(2,26)14-11-23-25(3)12-14)21-8-9-24-29(27,28)16-7-5-6-15(19)10-16/h5-7,10-12,24,26H,4,8-9,13H2,1-3H3,(H2,20,21,22). The van der Waals surface area contributed by atoms with Crippen LogP contribution in [0.2, 0.25) is 5.02 Å². The van der Waals surface area contributed by atoms with Gasteiger partial charge in [-0.05, 0) is 32.0 Å². The van der Waals surface area contributed by atoms with E-state index in [-0.39, 0.29) is 18.0 Å². The van der Waals surface area contributed by atoms with Gasteiger partial charge in [-0.15, -0.1) is 0 Å². The Morgan fingerprint density at radius 1 is 1.34 bits per heavy atom. The van der Waals surface area contributed by atoms with Crippen molar-refractivity contribution in [2.24, 2.45) is 12.0 Å². The van der Waals surface area contributed by atoms with Crippen LogP contribution >= 0.6 is 11.6 Å². The number of halogens is 1. The molecule has 1 atom stereocenters. The van der Waals surface area contributed by atoms with Crippen LogP contribution < -0.4 is 15.4 Å². The highest BCUT2D eigenvalue weighted by Crippen LogP contribution is 2.19. The van der Waals surface area contributed by atoms with E-state index < -0.39 is 15.6 Å². The summed E-state index contributed by atoms with van der Waals surface area (Å²) in [5.41, 5.74) is -0.515. The Hall–Kier alpha value is -2.14. The first-order chi connectivity index (χ1) is 13.6. The van der Waals surface area contributed by atoms with Crippen molar-refractivity contribution in [3.63, 3.8) is 0 Å². The molecule has 0 amide bonds. The molecule has 0 radical (unpaired) electrons. The van der Waals surface area contributed by atoms with Crippen molar-refractivity contribution < 1.29 is 13.5 Å². The molecule has 0 saturated carbocycles. The molecule has 160 valence electrons. The van der Waals surface area contributed by atoms with E-state index in [4.69, 9.17) is 11.6 Å². The number of aliphatic hydroxyl groups is 1. The number of nitrogens with one attached hydrogen (secondary N) is 3. The van der Waals surface area contributed by atoms with Crippen LogP contribution in [-0.2, 0) is 22.7 Å². The fourth-order valence-corrected chi connectivity index (χ4v) is 3.78. The second-order valence-corrected chi connectivity index (χ2v) is 8.86. The van der Waals surface area contributed by atoms with E-state index in [0.29, 0.717) is 29.6 Å². The maximum Gasteiger partial charge on any atom is 0.240 e. The molecule has 4 N–H and O–H groups in total. The minimum absolute atomic E-state index is 0.109. The Morgan fingerprint density at radius 3 is 2.72 bits per heavy atom. The second-order valence-electron chi connectivity index (χ2n) is 6.65. The third-order valence-electron chi connectivity index (χ3n) is 4.03. The molecule has 2 aromatic rings. The van der Waals surface area contributed by atoms with E-state index in [1.165, 1.54) is 12.1 Å². The van der Waals surface area contributed by atoms with Gasteiger partial charge in [0, 0.05) is 43.5 Å². The van der Waals surface area contributed by atoms with Crippen LogP contribution in [0.1, 0.15) is 19.4 Å². The first-order valence-electron chi connectivity index (χ1n) is 9.13. The predicted molar refractivity (Wildman–Crippen MR) is 113 cm³/mol. The quantitative estimate of drug-likeness (QED) is 0.259. The highest BCUT2D eigenvalue weighted by Gasteiger charge is 2.24. The molecule has 0 aliphatic rings. The van der Waals surface area contributed by atoms with Crippen LogP contribution in [0.15, 0.2) is 46.5 Å². The van der Waals surface area contributed by atoms with Gasteiger partial charge >= 0.3 is 0 Å². The number of hydrogen-bond acceptors (Lipinski definition) is 5. The van der Waals surface area contributed by atoms with Gasteiger partial charge in [0.1, 0.15) is 5.60 Å². The largest absolute Gasteiger partial charge is 0.383 e. The van der Waals surface area contributed by atoms with Gasteiger partial charge in [0.25, 0.3) is 0 Å². The Bertz CT molecular complexity index is 943. The third-order valence-corrected chi connectivity index (χ3v) is 5.73. The van der Waals surface area contributed by atoms with Gasteiger partial charge in [-0.2, -0.15) is 5.10 Å². The zero-order chi connectivity index (χ0) is 21.5. The Morgan fingerprint density at radius 2 is 2.10 bits per heavy atom. The van der Waals surface area contributed by atoms with Crippen LogP contribution in [0.3, 0.4) is 0 Å². The molecule has 9 nitrogen and oxygen atoms in total. The van der Waals surface area contributed by atoms with Crippen molar-refractivity contribution in [2.45, 2.75) is 24.3 Å². The van der Waals surface area contributed by atoms with Crippen molar-refractivity contribution in [3.8, 4) is 0 Å². The number of sulfonamides is 1. The van der Waals surface area contributed by atoms with Crippen molar-refractivity contribution in [1.29, 1.82) is 0 Å². The van der Waals surface area contributed by atoms with E-state index in [0.717, 1.165) is 0 Å². The van der Waals surface area contributed by atoms with Gasteiger partial charge in [0.2, 0.25) is 10.0 Å². The summed E-state index contributed by atoms with van der Waals surface area (Å²) in [4.78, 5) is 4.50. The molecule has 1 heterocycles. The molecule has 0 fully saturated rings. The molecular weight excluding hydrogens is 416 g/mol. The molecule has 0 saturated heterocycles. The highest BCUT2D eigenvalue weighted by atomic mass is 35.5. The van der Waals surface area contributed by atoms with Crippen molar-refractivity contribution in [1.82, 2.24) is 25.1 Å². The molecule has 0 aliphatic heterocycles. The monoisotopic (exact) mass is 442 g/mol. The summed E-state index contributed by atoms with van der Waals surface area (Å²) in [5.74, 6) is 0.471. The molecule has 1 unspecified atom stereocenters. The van der Waals surface area contributed by atoms with Crippen LogP contribution in [0.25, 0.3) is 0 Å². The summed E-state index contributed by atoms with van der Waals surface area (Å²) in [6.07, 6.45) is 3.33. The first kappa shape index (κ1) is 23.1. The van der Waals surface area contributed by atoms with E-state index in [2.05, 4.69) is 25.4 Å². The maximum atomic E-state index is 12.3. The lowest BCUT2D eigenvalue weighted by Crippen LogP contribution is -2.42. The van der Waals surface area contributed by atoms with Crippen LogP contribution in [0, 0.1) is 0 Å². The predicted octanol–water partition coefficient (Wildman–Crippen LogP) is 0.815. The zero-order valence-corrected chi connectivity index (χ0v) is 18.3. The molecule has 11 heteroatoms. The van der Waals surface area contributed by atoms with Crippen LogP contribution in [0.4, 0.5) is 0 Å². The summed E-state index contributed by atoms with van der Waals surface area (Å²) in [6, 6.07) is 6.07. The normalized spacial score (nSPS) is 14.4. The van der Waals surface area contributed by atoms with Gasteiger partial charge < -0.3 is 15.7 Å². The number of nitrogens with zero attached hydrogens (tertiary/aromatic N) is 3. The smallest absolute Gasteiger partial charge is 0.240 e. The topological polar surface area (TPSA) is 121 Å². The van der Waals surface area contributed by atoms with Gasteiger partial charge in [0.15, 0.2) is 5.96 Å². The fraction of sp³-hybridized carbons (Fsp3) is 0.444. The SMILES string of the molecule is CCNC(=NCC(C)(O)c1cnn(C)c1)NCCNS(=O)(=O)c1cccc(Cl)c1. The van der Waals surface area contributed by atoms with Crippen molar-refractivity contribution in [2.75, 3.05) is 26.2 Å². The lowest BCUT2D eigenvalue weighted by molar-refractivity contribution is 0.0672. The summed E-state index contributed by atoms with van der Waals surface area (Å²) in [5, 5.41) is 21.1. The van der Waals surface area contributed by atoms with E-state index in [9.17, 15) is 13.5 Å². The molecule has 0 bridgehead atoms. The summed E-state index contributed by atoms with van der Waals surface area (Å²) in [7, 11) is -1.87. The average Bonchev–Trinajstić information content (AvgIpc) is 3.10. The Balaban J connectivity index is 1.91. The van der Waals surface area contributed by atoms with Gasteiger partial charge in [-0.25, -0.2) is 18.1 Å². The fourth-order valence-electron chi connectivity index (χ4n) is 2.45. The molecule has 1 aromatic heterocycles. The van der Waals surface area contributed by atoms with Crippen LogP contribution in [-0.4, -0.2) is 55.4 Å². The van der Waals surface area contributed by atoms with Gasteiger partial charge in [-0.1, -0.05) is 17.7 Å². The Kier molecular flexibility index (Phi) is 8.03. The molecule has 1 aromatic carbocycles. The highest BCUT2D eigenvalue weighted by molar-refractivity contribution is 7.89. The minimum Gasteiger partial charge on any atom is -0.383 e. The van der Waals surface area contributed by atoms with E-state index in [1.807, 2.05) is 6.92 Å². The summed E-state index contributed by atoms with van der Waals surface area (Å²) >= 11 is 5.85. The van der Waals surface area contributed by atoms with Crippen molar-refractivity contribution in [3.05, 3.63) is 47.2 Å². The molecule has 0 aliphatic carbocycles. The summed E-state index contributed by atoms with van der Waals surface area (Å²) in [6.45, 7) is 4.77. The average molecular weight is 443 g/mol. The van der Waals surface area contributed by atoms with Gasteiger partial charge in [0.05, 0.1) is 17.6 Å². The Labute approximate surface area is 176 Å². The summed E-state index contributed by atoms with van der Waals surface area (Å²) < 4.78 is 28.7. The zero-order valence-electron chi connectivity index (χ0n) is 16.7. The lowest BCUT2D eigenvalue weighted by atomic mass is 10.0. The second kappa shape index (κ2) is 10.1. The van der Waals surface area contributed by atoms with E-state index >= 15 is 0 Å². The van der Waals surface area contributed by atoms with Crippen molar-refractivity contribution >= 4 is 27.6 Å². The number of aromatic nitrogens is 2. The number of guanidine groups is 1. The number of benzene rings is 1. The molecule has 0 spiro atoms. The maximum absolute atomic E-state index is 12.3. The number of aryl methyl sites for hydroxylation is 1. The first-order valence-corrected chi connectivity index (χ1v) is 11.0. The molecular formula is C18H27ClN6O3S. The van der Waals surface area contributed by atoms with Crippen LogP contribution in [0.5, 0.6) is 0 Å². The third kappa shape index (κ3) is 7.00. The molecule has 29 heavy (non-hydrogen) atoms. The van der Waals surface area contributed by atoms with E-state index in [1.54, 1.807) is 43.2 Å². The number of hydrogen-bond donors (Lipinski definition) is 4. The number of aliphatic imine (C=N–C) groups is 1. The number of rotatable bonds is 9. The molecule has 2 rings (SSSR count). The van der Waals surface area contributed by atoms with Gasteiger partial charge in [-0.3, -0.25) is 4.68 Å². The minimum atomic E-state index is -3.65. The lowest BCUT2D eigenvalue weighted by Gasteiger charge is -2.20.